The summed E-state index contributed by atoms with van der Waals surface area (Å²) < 4.78 is 29.2. The lowest BCUT2D eigenvalue weighted by Gasteiger charge is -2.06. The number of hydrogen-bond acceptors (Lipinski definition) is 4. The Morgan fingerprint density at radius 3 is 2.81 bits per heavy atom. The largest absolute Gasteiger partial charge is 0.506 e. The standard InChI is InChI=1S/C10H11F2NO3/c1-2-16-9(15)5-7-8(14)4-3-6(13-7)10(11)12/h3-4,10,14H,2,5H2,1H3. The van der Waals surface area contributed by atoms with Crippen molar-refractivity contribution in [1.82, 2.24) is 4.98 Å². The quantitative estimate of drug-likeness (QED) is 0.803. The van der Waals surface area contributed by atoms with Crippen LogP contribution in [0.3, 0.4) is 0 Å². The second-order valence-electron chi connectivity index (χ2n) is 2.98. The second kappa shape index (κ2) is 5.39. The van der Waals surface area contributed by atoms with Gasteiger partial charge in [-0.05, 0) is 19.1 Å². The van der Waals surface area contributed by atoms with Crippen LogP contribution in [0, 0.1) is 0 Å². The minimum atomic E-state index is -2.73. The number of alkyl halides is 2. The molecular weight excluding hydrogens is 220 g/mol. The van der Waals surface area contributed by atoms with Crippen molar-refractivity contribution < 1.29 is 23.4 Å². The van der Waals surface area contributed by atoms with Gasteiger partial charge in [-0.1, -0.05) is 0 Å². The van der Waals surface area contributed by atoms with Gasteiger partial charge in [0.05, 0.1) is 18.7 Å². The predicted octanol–water partition coefficient (Wildman–Crippen LogP) is 1.83. The lowest BCUT2D eigenvalue weighted by molar-refractivity contribution is -0.142. The number of aromatic nitrogens is 1. The van der Waals surface area contributed by atoms with Crippen LogP contribution in [0.4, 0.5) is 8.78 Å². The van der Waals surface area contributed by atoms with Gasteiger partial charge in [-0.15, -0.1) is 0 Å². The number of rotatable bonds is 4. The van der Waals surface area contributed by atoms with E-state index in [1.807, 2.05) is 0 Å². The molecule has 0 unspecified atom stereocenters. The van der Waals surface area contributed by atoms with Crippen molar-refractivity contribution >= 4 is 5.97 Å². The van der Waals surface area contributed by atoms with Crippen LogP contribution in [0.25, 0.3) is 0 Å². The molecule has 0 bridgehead atoms. The van der Waals surface area contributed by atoms with Gasteiger partial charge < -0.3 is 9.84 Å². The van der Waals surface area contributed by atoms with Crippen LogP contribution in [0.5, 0.6) is 5.75 Å². The van der Waals surface area contributed by atoms with Gasteiger partial charge in [0.15, 0.2) is 0 Å². The number of aromatic hydroxyl groups is 1. The first-order valence-corrected chi connectivity index (χ1v) is 4.67. The molecule has 0 atom stereocenters. The Labute approximate surface area is 90.9 Å². The summed E-state index contributed by atoms with van der Waals surface area (Å²) in [6.45, 7) is 1.81. The molecule has 1 heterocycles. The van der Waals surface area contributed by atoms with Crippen molar-refractivity contribution in [1.29, 1.82) is 0 Å². The zero-order valence-corrected chi connectivity index (χ0v) is 8.61. The summed E-state index contributed by atoms with van der Waals surface area (Å²) in [6, 6.07) is 2.09. The van der Waals surface area contributed by atoms with Crippen LogP contribution >= 0.6 is 0 Å². The average Bonchev–Trinajstić information content (AvgIpc) is 2.21. The summed E-state index contributed by atoms with van der Waals surface area (Å²) in [5.74, 6) is -0.908. The molecule has 1 aromatic heterocycles. The molecule has 4 nitrogen and oxygen atoms in total. The number of nitrogens with zero attached hydrogens (tertiary/aromatic N) is 1. The number of carbonyl (C=O) groups is 1. The number of esters is 1. The minimum Gasteiger partial charge on any atom is -0.506 e. The molecule has 0 aliphatic carbocycles. The molecule has 0 amide bonds. The van der Waals surface area contributed by atoms with E-state index in [1.165, 1.54) is 0 Å². The molecular formula is C10H11F2NO3. The topological polar surface area (TPSA) is 59.4 Å². The van der Waals surface area contributed by atoms with Crippen LogP contribution in [0.2, 0.25) is 0 Å². The fraction of sp³-hybridized carbons (Fsp3) is 0.400. The molecule has 1 N–H and O–H groups in total. The number of carbonyl (C=O) groups excluding carboxylic acids is 1. The maximum atomic E-state index is 12.3. The summed E-state index contributed by atoms with van der Waals surface area (Å²) in [7, 11) is 0. The predicted molar refractivity (Wildman–Crippen MR) is 51.2 cm³/mol. The van der Waals surface area contributed by atoms with Gasteiger partial charge in [0.2, 0.25) is 0 Å². The Kier molecular flexibility index (Phi) is 4.16. The number of hydrogen-bond donors (Lipinski definition) is 1. The molecule has 0 fully saturated rings. The van der Waals surface area contributed by atoms with E-state index in [9.17, 15) is 18.7 Å². The van der Waals surface area contributed by atoms with E-state index in [2.05, 4.69) is 9.72 Å². The van der Waals surface area contributed by atoms with Crippen molar-refractivity contribution in [3.8, 4) is 5.75 Å². The molecule has 0 aromatic carbocycles. The van der Waals surface area contributed by atoms with Crippen molar-refractivity contribution in [2.45, 2.75) is 19.8 Å². The molecule has 1 rings (SSSR count). The first-order valence-electron chi connectivity index (χ1n) is 4.67. The molecule has 1 aromatic rings. The smallest absolute Gasteiger partial charge is 0.312 e. The van der Waals surface area contributed by atoms with E-state index in [1.54, 1.807) is 6.92 Å². The third-order valence-electron chi connectivity index (χ3n) is 1.81. The van der Waals surface area contributed by atoms with Gasteiger partial charge in [-0.25, -0.2) is 13.8 Å². The highest BCUT2D eigenvalue weighted by atomic mass is 19.3. The zero-order chi connectivity index (χ0) is 12.1. The molecule has 6 heteroatoms. The van der Waals surface area contributed by atoms with Crippen molar-refractivity contribution in [3.05, 3.63) is 23.5 Å². The number of pyridine rings is 1. The second-order valence-corrected chi connectivity index (χ2v) is 2.98. The van der Waals surface area contributed by atoms with Gasteiger partial charge in [-0.3, -0.25) is 4.79 Å². The minimum absolute atomic E-state index is 0.101. The fourth-order valence-electron chi connectivity index (χ4n) is 1.11. The molecule has 0 spiro atoms. The lowest BCUT2D eigenvalue weighted by Crippen LogP contribution is -2.09. The Bertz CT molecular complexity index is 382. The summed E-state index contributed by atoms with van der Waals surface area (Å²) in [4.78, 5) is 14.6. The van der Waals surface area contributed by atoms with E-state index < -0.39 is 18.1 Å². The van der Waals surface area contributed by atoms with E-state index in [0.29, 0.717) is 0 Å². The van der Waals surface area contributed by atoms with Gasteiger partial charge >= 0.3 is 5.97 Å². The van der Waals surface area contributed by atoms with E-state index in [-0.39, 0.29) is 24.5 Å². The van der Waals surface area contributed by atoms with Crippen LogP contribution in [-0.2, 0) is 16.0 Å². The summed E-state index contributed by atoms with van der Waals surface area (Å²) >= 11 is 0. The summed E-state index contributed by atoms with van der Waals surface area (Å²) in [5, 5.41) is 9.32. The monoisotopic (exact) mass is 231 g/mol. The fourth-order valence-corrected chi connectivity index (χ4v) is 1.11. The molecule has 16 heavy (non-hydrogen) atoms. The number of halogens is 2. The number of ether oxygens (including phenoxy) is 1. The van der Waals surface area contributed by atoms with Crippen molar-refractivity contribution in [2.75, 3.05) is 6.61 Å². The molecule has 0 saturated heterocycles. The third-order valence-corrected chi connectivity index (χ3v) is 1.81. The first-order chi connectivity index (χ1) is 7.54. The van der Waals surface area contributed by atoms with Crippen LogP contribution in [0.15, 0.2) is 12.1 Å². The molecule has 0 aliphatic rings. The summed E-state index contributed by atoms with van der Waals surface area (Å²) in [6.07, 6.45) is -3.05. The van der Waals surface area contributed by atoms with Crippen molar-refractivity contribution in [3.63, 3.8) is 0 Å². The Morgan fingerprint density at radius 2 is 2.25 bits per heavy atom. The maximum Gasteiger partial charge on any atom is 0.312 e. The van der Waals surface area contributed by atoms with Gasteiger partial charge in [0.1, 0.15) is 11.4 Å². The van der Waals surface area contributed by atoms with E-state index in [0.717, 1.165) is 12.1 Å². The average molecular weight is 231 g/mol. The normalized spacial score (nSPS) is 10.5. The maximum absolute atomic E-state index is 12.3. The Balaban J connectivity index is 2.86. The van der Waals surface area contributed by atoms with E-state index in [4.69, 9.17) is 0 Å². The Morgan fingerprint density at radius 1 is 1.56 bits per heavy atom. The first kappa shape index (κ1) is 12.4. The SMILES string of the molecule is CCOC(=O)Cc1nc(C(F)F)ccc1O. The zero-order valence-electron chi connectivity index (χ0n) is 8.61. The Hall–Kier alpha value is -1.72. The molecule has 0 radical (unpaired) electrons. The summed E-state index contributed by atoms with van der Waals surface area (Å²) in [5.41, 5.74) is -0.576. The van der Waals surface area contributed by atoms with Crippen molar-refractivity contribution in [2.24, 2.45) is 0 Å². The van der Waals surface area contributed by atoms with Crippen LogP contribution < -0.4 is 0 Å². The van der Waals surface area contributed by atoms with Crippen LogP contribution in [0.1, 0.15) is 24.7 Å². The lowest BCUT2D eigenvalue weighted by atomic mass is 10.2. The van der Waals surface area contributed by atoms with Gasteiger partial charge in [0, 0.05) is 0 Å². The highest BCUT2D eigenvalue weighted by molar-refractivity contribution is 5.72. The molecule has 0 aliphatic heterocycles. The molecule has 88 valence electrons. The van der Waals surface area contributed by atoms with Gasteiger partial charge in [-0.2, -0.15) is 0 Å². The third kappa shape index (κ3) is 3.15. The molecule has 0 saturated carbocycles. The highest BCUT2D eigenvalue weighted by Crippen LogP contribution is 2.22. The van der Waals surface area contributed by atoms with Gasteiger partial charge in [0.25, 0.3) is 6.43 Å². The van der Waals surface area contributed by atoms with Crippen LogP contribution in [-0.4, -0.2) is 22.7 Å². The highest BCUT2D eigenvalue weighted by Gasteiger charge is 2.15. The van der Waals surface area contributed by atoms with E-state index >= 15 is 0 Å².